The number of para-hydroxylation sites is 1. The summed E-state index contributed by atoms with van der Waals surface area (Å²) in [6.07, 6.45) is 1.26. The average Bonchev–Trinajstić information content (AvgIpc) is 3.02. The van der Waals surface area contributed by atoms with Crippen molar-refractivity contribution in [1.29, 1.82) is 0 Å². The fourth-order valence-electron chi connectivity index (χ4n) is 2.55. The second-order valence-electron chi connectivity index (χ2n) is 5.92. The maximum Gasteiger partial charge on any atom is 0.340 e. The predicted molar refractivity (Wildman–Crippen MR) is 95.9 cm³/mol. The zero-order valence-corrected chi connectivity index (χ0v) is 14.2. The Labute approximate surface area is 144 Å². The van der Waals surface area contributed by atoms with Gasteiger partial charge < -0.3 is 10.2 Å². The smallest absolute Gasteiger partial charge is 0.340 e. The van der Waals surface area contributed by atoms with E-state index in [1.807, 2.05) is 43.3 Å². The number of hydrogen-bond donors (Lipinski definition) is 3. The molecular weight excluding hydrogens is 320 g/mol. The molecule has 0 saturated carbocycles. The highest BCUT2D eigenvalue weighted by Crippen LogP contribution is 2.22. The van der Waals surface area contributed by atoms with Gasteiger partial charge in [-0.25, -0.2) is 14.9 Å². The van der Waals surface area contributed by atoms with Crippen molar-refractivity contribution in [2.24, 2.45) is 0 Å². The van der Waals surface area contributed by atoms with E-state index in [0.29, 0.717) is 30.8 Å². The number of carbonyl (C=O) groups excluding carboxylic acids is 1. The van der Waals surface area contributed by atoms with Crippen LogP contribution in [0, 0.1) is 0 Å². The lowest BCUT2D eigenvalue weighted by Gasteiger charge is -2.15. The molecule has 1 amide bonds. The first-order valence-electron chi connectivity index (χ1n) is 8.03. The number of pyridine rings is 1. The van der Waals surface area contributed by atoms with Gasteiger partial charge in [-0.05, 0) is 18.6 Å². The Hall–Kier alpha value is -3.16. The fourth-order valence-corrected chi connectivity index (χ4v) is 2.55. The zero-order valence-electron chi connectivity index (χ0n) is 14.2. The maximum absolute atomic E-state index is 12.6. The molecule has 0 aliphatic carbocycles. The minimum absolute atomic E-state index is 0.141. The summed E-state index contributed by atoms with van der Waals surface area (Å²) >= 11 is 0. The zero-order chi connectivity index (χ0) is 17.8. The molecule has 8 nitrogen and oxygen atoms in total. The van der Waals surface area contributed by atoms with Gasteiger partial charge in [-0.2, -0.15) is 5.10 Å². The molecule has 25 heavy (non-hydrogen) atoms. The predicted octanol–water partition coefficient (Wildman–Crippen LogP) is 1.07. The molecule has 0 bridgehead atoms. The second kappa shape index (κ2) is 7.16. The van der Waals surface area contributed by atoms with E-state index in [1.165, 1.54) is 0 Å². The lowest BCUT2D eigenvalue weighted by Crippen LogP contribution is -2.25. The van der Waals surface area contributed by atoms with E-state index in [9.17, 15) is 9.59 Å². The van der Waals surface area contributed by atoms with Crippen LogP contribution in [0.4, 0.5) is 5.82 Å². The number of nitrogens with one attached hydrogen (secondary N) is 3. The van der Waals surface area contributed by atoms with Crippen molar-refractivity contribution in [1.82, 2.24) is 25.5 Å². The highest BCUT2D eigenvalue weighted by molar-refractivity contribution is 6.07. The molecule has 1 aromatic carbocycles. The van der Waals surface area contributed by atoms with Gasteiger partial charge in [-0.15, -0.1) is 0 Å². The van der Waals surface area contributed by atoms with E-state index in [4.69, 9.17) is 0 Å². The number of nitrogens with zero attached hydrogens (tertiary/aromatic N) is 3. The summed E-state index contributed by atoms with van der Waals surface area (Å²) < 4.78 is 0. The van der Waals surface area contributed by atoms with Gasteiger partial charge in [0, 0.05) is 32.4 Å². The quantitative estimate of drug-likeness (QED) is 0.582. The Balaban J connectivity index is 1.71. The van der Waals surface area contributed by atoms with Crippen molar-refractivity contribution < 1.29 is 4.79 Å². The van der Waals surface area contributed by atoms with Gasteiger partial charge in [0.2, 0.25) is 0 Å². The van der Waals surface area contributed by atoms with E-state index in [-0.39, 0.29) is 11.6 Å². The summed E-state index contributed by atoms with van der Waals surface area (Å²) in [7, 11) is 3.78. The normalized spacial score (nSPS) is 10.8. The largest absolute Gasteiger partial charge is 0.363 e. The number of H-pyrrole nitrogens is 2. The highest BCUT2D eigenvalue weighted by atomic mass is 16.2. The number of carbonyl (C=O) groups is 1. The molecule has 8 heteroatoms. The van der Waals surface area contributed by atoms with Gasteiger partial charge in [0.05, 0.1) is 11.1 Å². The van der Waals surface area contributed by atoms with Crippen molar-refractivity contribution in [2.75, 3.05) is 25.5 Å². The van der Waals surface area contributed by atoms with Crippen molar-refractivity contribution in [3.05, 3.63) is 52.2 Å². The summed E-state index contributed by atoms with van der Waals surface area (Å²) in [4.78, 5) is 32.6. The van der Waals surface area contributed by atoms with Gasteiger partial charge in [-0.1, -0.05) is 18.2 Å². The van der Waals surface area contributed by atoms with Gasteiger partial charge in [0.1, 0.15) is 11.6 Å². The van der Waals surface area contributed by atoms with Crippen LogP contribution >= 0.6 is 0 Å². The van der Waals surface area contributed by atoms with Gasteiger partial charge in [0.15, 0.2) is 0 Å². The van der Waals surface area contributed by atoms with Crippen LogP contribution in [0.1, 0.15) is 22.6 Å². The van der Waals surface area contributed by atoms with Gasteiger partial charge in [0.25, 0.3) is 5.91 Å². The summed E-state index contributed by atoms with van der Waals surface area (Å²) in [6, 6.07) is 9.38. The molecule has 0 radical (unpaired) electrons. The molecule has 2 heterocycles. The first-order valence-corrected chi connectivity index (χ1v) is 8.03. The maximum atomic E-state index is 12.6. The molecule has 3 rings (SSSR count). The summed E-state index contributed by atoms with van der Waals surface area (Å²) in [5, 5.41) is 9.90. The molecule has 3 N–H and O–H groups in total. The van der Waals surface area contributed by atoms with Crippen LogP contribution in [0.25, 0.3) is 10.9 Å². The summed E-state index contributed by atoms with van der Waals surface area (Å²) in [5.74, 6) is 1.18. The standard InChI is InChI=1S/C17H20N6O2/c1-23(2)15-10-12(11-6-3-4-7-13(11)19-15)16(24)18-9-5-8-14-20-17(25)22-21-14/h3-4,6-7,10H,5,8-9H2,1-2H3,(H,18,24)(H2,20,21,22,25). The number of benzene rings is 1. The first kappa shape index (κ1) is 16.7. The van der Waals surface area contributed by atoms with E-state index in [1.54, 1.807) is 6.07 Å². The van der Waals surface area contributed by atoms with Crippen molar-refractivity contribution in [3.63, 3.8) is 0 Å². The third kappa shape index (κ3) is 3.85. The van der Waals surface area contributed by atoms with E-state index in [2.05, 4.69) is 25.5 Å². The SMILES string of the molecule is CN(C)c1cc(C(=O)NCCCc2n[nH]c(=O)[nH]2)c2ccccc2n1. The number of hydrogen-bond acceptors (Lipinski definition) is 5. The number of amides is 1. The molecule has 0 unspecified atom stereocenters. The Morgan fingerprint density at radius 2 is 2.08 bits per heavy atom. The van der Waals surface area contributed by atoms with Crippen molar-refractivity contribution in [2.45, 2.75) is 12.8 Å². The van der Waals surface area contributed by atoms with Crippen LogP contribution in [0.5, 0.6) is 0 Å². The van der Waals surface area contributed by atoms with Crippen LogP contribution < -0.4 is 15.9 Å². The van der Waals surface area contributed by atoms with E-state index >= 15 is 0 Å². The van der Waals surface area contributed by atoms with Gasteiger partial charge in [-0.3, -0.25) is 9.78 Å². The van der Waals surface area contributed by atoms with E-state index in [0.717, 1.165) is 16.7 Å². The molecule has 2 aromatic heterocycles. The second-order valence-corrected chi connectivity index (χ2v) is 5.92. The van der Waals surface area contributed by atoms with Crippen LogP contribution in [0.3, 0.4) is 0 Å². The van der Waals surface area contributed by atoms with Crippen LogP contribution in [0.2, 0.25) is 0 Å². The summed E-state index contributed by atoms with van der Waals surface area (Å²) in [5.41, 5.74) is 1.06. The number of rotatable bonds is 6. The Morgan fingerprint density at radius 3 is 2.80 bits per heavy atom. The van der Waals surface area contributed by atoms with E-state index < -0.39 is 0 Å². The third-order valence-corrected chi connectivity index (χ3v) is 3.83. The molecule has 0 spiro atoms. The Bertz CT molecular complexity index is 943. The molecule has 0 aliphatic rings. The van der Waals surface area contributed by atoms with Gasteiger partial charge >= 0.3 is 5.69 Å². The number of fused-ring (bicyclic) bond motifs is 1. The first-order chi connectivity index (χ1) is 12.0. The van der Waals surface area contributed by atoms with Crippen LogP contribution in [-0.2, 0) is 6.42 Å². The molecule has 130 valence electrons. The molecular formula is C17H20N6O2. The number of aromatic nitrogens is 4. The van der Waals surface area contributed by atoms with Crippen molar-refractivity contribution >= 4 is 22.6 Å². The minimum atomic E-state index is -0.321. The molecule has 0 fully saturated rings. The highest BCUT2D eigenvalue weighted by Gasteiger charge is 2.13. The average molecular weight is 340 g/mol. The van der Waals surface area contributed by atoms with Crippen LogP contribution in [0.15, 0.2) is 35.1 Å². The Morgan fingerprint density at radius 1 is 1.28 bits per heavy atom. The lowest BCUT2D eigenvalue weighted by molar-refractivity contribution is 0.0955. The lowest BCUT2D eigenvalue weighted by atomic mass is 10.1. The summed E-state index contributed by atoms with van der Waals surface area (Å²) in [6.45, 7) is 0.488. The number of anilines is 1. The molecule has 0 aliphatic heterocycles. The third-order valence-electron chi connectivity index (χ3n) is 3.83. The Kier molecular flexibility index (Phi) is 4.78. The molecule has 3 aromatic rings. The fraction of sp³-hybridized carbons (Fsp3) is 0.294. The molecule has 0 atom stereocenters. The monoisotopic (exact) mass is 340 g/mol. The number of aromatic amines is 2. The number of aryl methyl sites for hydroxylation is 1. The van der Waals surface area contributed by atoms with Crippen molar-refractivity contribution in [3.8, 4) is 0 Å². The minimum Gasteiger partial charge on any atom is -0.363 e. The topological polar surface area (TPSA) is 107 Å². The van der Waals surface area contributed by atoms with Crippen LogP contribution in [-0.4, -0.2) is 46.7 Å². The molecule has 0 saturated heterocycles.